The molecule has 0 bridgehead atoms. The van der Waals surface area contributed by atoms with Crippen molar-refractivity contribution < 1.29 is 78.5 Å². The second kappa shape index (κ2) is 11.3. The van der Waals surface area contributed by atoms with Gasteiger partial charge in [0.1, 0.15) is 28.2 Å². The Labute approximate surface area is 288 Å². The number of aliphatic carboxylic acids is 2. The molecule has 1 saturated carbocycles. The maximum absolute atomic E-state index is 13.7. The predicted octanol–water partition coefficient (Wildman–Crippen LogP) is 1.76. The van der Waals surface area contributed by atoms with Crippen LogP contribution in [0.4, 0.5) is 0 Å². The molecule has 4 atom stereocenters. The molecule has 0 unspecified atom stereocenters. The van der Waals surface area contributed by atoms with E-state index in [4.69, 9.17) is 9.47 Å². The molecule has 52 heavy (non-hydrogen) atoms. The maximum atomic E-state index is 13.7. The molecule has 5 aliphatic rings. The number of fused-ring (bicyclic) bond motifs is 4. The van der Waals surface area contributed by atoms with Gasteiger partial charge in [-0.1, -0.05) is 30.3 Å². The van der Waals surface area contributed by atoms with Crippen molar-refractivity contribution in [3.63, 3.8) is 0 Å². The summed E-state index contributed by atoms with van der Waals surface area (Å²) >= 11 is 0. The van der Waals surface area contributed by atoms with Gasteiger partial charge in [0.25, 0.3) is 0 Å². The lowest BCUT2D eigenvalue weighted by Crippen LogP contribution is -2.68. The zero-order valence-electron chi connectivity index (χ0n) is 25.8. The van der Waals surface area contributed by atoms with Crippen LogP contribution in [0.25, 0.3) is 11.1 Å². The van der Waals surface area contributed by atoms with E-state index in [1.807, 2.05) is 0 Å². The molecule has 0 aromatic heterocycles. The summed E-state index contributed by atoms with van der Waals surface area (Å²) in [5.41, 5.74) is -6.33. The molecule has 0 radical (unpaired) electrons. The minimum Gasteiger partial charge on any atom is -0.508 e. The molecule has 260 valence electrons. The molecule has 2 aromatic rings. The first-order chi connectivity index (χ1) is 24.6. The van der Waals surface area contributed by atoms with Gasteiger partial charge in [0.05, 0.1) is 5.57 Å². The number of allylic oxidation sites excluding steroid dienone is 3. The van der Waals surface area contributed by atoms with Crippen molar-refractivity contribution in [2.24, 2.45) is 23.2 Å². The fourth-order valence-electron chi connectivity index (χ4n) is 7.47. The molecular formula is C36H20O16. The number of aromatic hydroxyl groups is 2. The third-order valence-electron chi connectivity index (χ3n) is 9.57. The fourth-order valence-corrected chi connectivity index (χ4v) is 7.47. The van der Waals surface area contributed by atoms with Crippen LogP contribution in [-0.4, -0.2) is 77.6 Å². The first kappa shape index (κ1) is 33.2. The van der Waals surface area contributed by atoms with E-state index in [2.05, 4.69) is 0 Å². The molecule has 2 aliphatic heterocycles. The van der Waals surface area contributed by atoms with Gasteiger partial charge in [0.2, 0.25) is 23.1 Å². The quantitative estimate of drug-likeness (QED) is 0.142. The number of carboxylic acid groups (broad SMARTS) is 2. The number of ketones is 4. The van der Waals surface area contributed by atoms with Gasteiger partial charge in [-0.2, -0.15) is 0 Å². The highest BCUT2D eigenvalue weighted by Gasteiger charge is 2.74. The Morgan fingerprint density at radius 2 is 1.08 bits per heavy atom. The number of phenolic OH excluding ortho intramolecular Hbond substituents is 2. The number of carbonyl (C=O) groups excluding carboxylic acids is 6. The van der Waals surface area contributed by atoms with Gasteiger partial charge in [0, 0.05) is 23.2 Å². The van der Waals surface area contributed by atoms with E-state index < -0.39 is 121 Å². The summed E-state index contributed by atoms with van der Waals surface area (Å²) in [5, 5.41) is 62.1. The van der Waals surface area contributed by atoms with Crippen molar-refractivity contribution in [2.75, 3.05) is 0 Å². The molecule has 6 N–H and O–H groups in total. The van der Waals surface area contributed by atoms with Gasteiger partial charge in [-0.05, 0) is 53.1 Å². The highest BCUT2D eigenvalue weighted by molar-refractivity contribution is 6.47. The summed E-state index contributed by atoms with van der Waals surface area (Å²) in [7, 11) is 0. The van der Waals surface area contributed by atoms with E-state index in [1.165, 1.54) is 0 Å². The van der Waals surface area contributed by atoms with Crippen molar-refractivity contribution in [3.05, 3.63) is 118 Å². The average Bonchev–Trinajstić information content (AvgIpc) is 3.53. The van der Waals surface area contributed by atoms with Crippen molar-refractivity contribution >= 4 is 58.2 Å². The largest absolute Gasteiger partial charge is 0.508 e. The SMILES string of the molecule is O=C1C=C[C@]2(C3=C(O)/C(=C(\C(=O)O)c4ccc(O)cc4)OC3=O)[C@H](C1=O)[C@H]1C(C3=C(O)/C(=C(\C(=O)O)c4ccc(O)cc4)OC3=O)=CC(=O)C(=O)[C@H]12. The first-order valence-corrected chi connectivity index (χ1v) is 15.0. The molecule has 16 heteroatoms. The fraction of sp³-hybridized carbons (Fsp3) is 0.111. The number of hydrogen-bond donors (Lipinski definition) is 6. The summed E-state index contributed by atoms with van der Waals surface area (Å²) in [4.78, 5) is 105. The molecular weight excluding hydrogens is 688 g/mol. The van der Waals surface area contributed by atoms with Crippen molar-refractivity contribution in [1.82, 2.24) is 0 Å². The number of carboxylic acids is 2. The van der Waals surface area contributed by atoms with Gasteiger partial charge < -0.3 is 40.1 Å². The van der Waals surface area contributed by atoms with Gasteiger partial charge >= 0.3 is 23.9 Å². The van der Waals surface area contributed by atoms with E-state index in [-0.39, 0.29) is 22.6 Å². The summed E-state index contributed by atoms with van der Waals surface area (Å²) in [6, 6.07) is 9.01. The smallest absolute Gasteiger partial charge is 0.347 e. The number of Topliss-reactive ketones (excluding diaryl/α,β-unsaturated/α-hetero) is 2. The highest BCUT2D eigenvalue weighted by atomic mass is 16.6. The van der Waals surface area contributed by atoms with Crippen LogP contribution in [0.15, 0.2) is 107 Å². The number of esters is 2. The normalized spacial score (nSPS) is 27.1. The Bertz CT molecular complexity index is 2340. The highest BCUT2D eigenvalue weighted by Crippen LogP contribution is 2.68. The van der Waals surface area contributed by atoms with Crippen LogP contribution in [0.1, 0.15) is 11.1 Å². The van der Waals surface area contributed by atoms with Gasteiger partial charge in [-0.3, -0.25) is 19.2 Å². The number of aliphatic hydroxyl groups is 2. The number of ether oxygens (including phenoxy) is 2. The van der Waals surface area contributed by atoms with E-state index in [1.54, 1.807) is 0 Å². The minimum absolute atomic E-state index is 0.137. The molecule has 1 fully saturated rings. The molecule has 0 spiro atoms. The third kappa shape index (κ3) is 4.47. The molecule has 2 heterocycles. The molecule has 7 rings (SSSR count). The number of cyclic esters (lactones) is 2. The lowest BCUT2D eigenvalue weighted by atomic mass is 9.37. The standard InChI is InChI=1S/C36H20O16/c37-14-5-1-12(2-6-14)19(32(45)46)30-28(43)22(34(49)51-30)16-11-18(40)27(42)24-21(16)23-26(41)17(39)9-10-36(23,24)25-29(44)31(52-35(25)50)20(33(47)48)13-3-7-15(38)8-4-13/h1-11,21,23-24,37-38,43-44H,(H,45,46)(H,47,48)/b30-19+,31-20+/t21-,23+,24+,36+/m1/s1. The number of carbonyl (C=O) groups is 8. The molecule has 2 aromatic carbocycles. The van der Waals surface area contributed by atoms with Crippen molar-refractivity contribution in [2.45, 2.75) is 0 Å². The lowest BCUT2D eigenvalue weighted by Gasteiger charge is -2.60. The average molecular weight is 709 g/mol. The Morgan fingerprint density at radius 3 is 1.58 bits per heavy atom. The zero-order chi connectivity index (χ0) is 37.5. The van der Waals surface area contributed by atoms with Crippen molar-refractivity contribution in [3.8, 4) is 11.5 Å². The van der Waals surface area contributed by atoms with Gasteiger partial charge in [0.15, 0.2) is 23.0 Å². The number of rotatable bonds is 6. The minimum atomic E-state index is -2.32. The van der Waals surface area contributed by atoms with Crippen LogP contribution in [0.3, 0.4) is 0 Å². The van der Waals surface area contributed by atoms with Crippen molar-refractivity contribution in [1.29, 1.82) is 0 Å². The van der Waals surface area contributed by atoms with Gasteiger partial charge in [-0.15, -0.1) is 0 Å². The Morgan fingerprint density at radius 1 is 0.615 bits per heavy atom. The van der Waals surface area contributed by atoms with Crippen LogP contribution in [-0.2, 0) is 47.8 Å². The van der Waals surface area contributed by atoms with Crippen LogP contribution in [0.2, 0.25) is 0 Å². The van der Waals surface area contributed by atoms with Crippen LogP contribution < -0.4 is 0 Å². The molecule has 0 saturated heterocycles. The van der Waals surface area contributed by atoms with Crippen LogP contribution >= 0.6 is 0 Å². The van der Waals surface area contributed by atoms with E-state index in [9.17, 15) is 69.0 Å². The number of benzene rings is 2. The maximum Gasteiger partial charge on any atom is 0.347 e. The van der Waals surface area contributed by atoms with E-state index in [0.29, 0.717) is 12.2 Å². The first-order valence-electron chi connectivity index (χ1n) is 15.0. The monoisotopic (exact) mass is 708 g/mol. The summed E-state index contributed by atoms with van der Waals surface area (Å²) in [6.45, 7) is 0. The zero-order valence-corrected chi connectivity index (χ0v) is 25.8. The Kier molecular flexibility index (Phi) is 7.23. The number of phenols is 2. The summed E-state index contributed by atoms with van der Waals surface area (Å²) in [5.74, 6) is -21.1. The van der Waals surface area contributed by atoms with E-state index >= 15 is 0 Å². The Hall–Kier alpha value is -7.36. The van der Waals surface area contributed by atoms with E-state index in [0.717, 1.165) is 54.6 Å². The summed E-state index contributed by atoms with van der Waals surface area (Å²) in [6.07, 6.45) is 2.25. The number of aliphatic hydroxyl groups excluding tert-OH is 2. The summed E-state index contributed by atoms with van der Waals surface area (Å²) < 4.78 is 10.3. The van der Waals surface area contributed by atoms with Crippen LogP contribution in [0.5, 0.6) is 11.5 Å². The Balaban J connectivity index is 1.43. The second-order valence-electron chi connectivity index (χ2n) is 12.1. The topological polar surface area (TPSA) is 276 Å². The van der Waals surface area contributed by atoms with Gasteiger partial charge in [-0.25, -0.2) is 19.2 Å². The molecule has 0 amide bonds. The lowest BCUT2D eigenvalue weighted by molar-refractivity contribution is -0.163. The molecule has 3 aliphatic carbocycles. The predicted molar refractivity (Wildman–Crippen MR) is 167 cm³/mol. The molecule has 16 nitrogen and oxygen atoms in total. The second-order valence-corrected chi connectivity index (χ2v) is 12.1. The third-order valence-corrected chi connectivity index (χ3v) is 9.57. The van der Waals surface area contributed by atoms with Crippen LogP contribution in [0, 0.1) is 23.2 Å². The number of hydrogen-bond acceptors (Lipinski definition) is 14.